The molecule has 1 aliphatic rings. The zero-order chi connectivity index (χ0) is 20.9. The average Bonchev–Trinajstić information content (AvgIpc) is 3.29. The predicted molar refractivity (Wildman–Crippen MR) is 109 cm³/mol. The fourth-order valence-corrected chi connectivity index (χ4v) is 3.33. The summed E-state index contributed by atoms with van der Waals surface area (Å²) < 4.78 is 7.56. The van der Waals surface area contributed by atoms with Crippen molar-refractivity contribution in [3.63, 3.8) is 0 Å². The van der Waals surface area contributed by atoms with E-state index in [9.17, 15) is 9.59 Å². The molecule has 3 aromatic rings. The Kier molecular flexibility index (Phi) is 5.69. The molecule has 0 spiro atoms. The largest absolute Gasteiger partial charge is 0.473 e. The Morgan fingerprint density at radius 1 is 1.07 bits per heavy atom. The Morgan fingerprint density at radius 3 is 2.43 bits per heavy atom. The topological polar surface area (TPSA) is 102 Å². The monoisotopic (exact) mass is 406 g/mol. The smallest absolute Gasteiger partial charge is 0.253 e. The Bertz CT molecular complexity index is 994. The first-order chi connectivity index (χ1) is 14.6. The van der Waals surface area contributed by atoms with Crippen LogP contribution >= 0.6 is 0 Å². The van der Waals surface area contributed by atoms with E-state index in [2.05, 4.69) is 20.6 Å². The number of piperidine rings is 1. The second kappa shape index (κ2) is 8.73. The molecule has 1 aliphatic heterocycles. The zero-order valence-electron chi connectivity index (χ0n) is 16.6. The van der Waals surface area contributed by atoms with Crippen molar-refractivity contribution in [3.05, 3.63) is 60.4 Å². The van der Waals surface area contributed by atoms with Crippen LogP contribution in [0.5, 0.6) is 5.88 Å². The Hall–Kier alpha value is -3.75. The molecule has 3 heterocycles. The number of anilines is 1. The maximum absolute atomic E-state index is 12.7. The molecule has 0 unspecified atom stereocenters. The number of amides is 2. The summed E-state index contributed by atoms with van der Waals surface area (Å²) in [5.74, 6) is 0.921. The van der Waals surface area contributed by atoms with E-state index in [4.69, 9.17) is 4.74 Å². The van der Waals surface area contributed by atoms with Gasteiger partial charge < -0.3 is 15.0 Å². The fraction of sp³-hybridized carbons (Fsp3) is 0.286. The lowest BCUT2D eigenvalue weighted by Gasteiger charge is -2.32. The van der Waals surface area contributed by atoms with Crippen LogP contribution in [0.2, 0.25) is 0 Å². The third-order valence-corrected chi connectivity index (χ3v) is 4.83. The summed E-state index contributed by atoms with van der Waals surface area (Å²) in [6.07, 6.45) is 4.90. The van der Waals surface area contributed by atoms with Gasteiger partial charge in [-0.05, 0) is 36.4 Å². The van der Waals surface area contributed by atoms with Gasteiger partial charge in [-0.25, -0.2) is 4.68 Å². The van der Waals surface area contributed by atoms with E-state index >= 15 is 0 Å². The highest BCUT2D eigenvalue weighted by atomic mass is 16.5. The first-order valence-electron chi connectivity index (χ1n) is 9.76. The van der Waals surface area contributed by atoms with Gasteiger partial charge in [0.15, 0.2) is 5.82 Å². The van der Waals surface area contributed by atoms with Gasteiger partial charge in [-0.3, -0.25) is 9.59 Å². The van der Waals surface area contributed by atoms with Crippen molar-refractivity contribution in [3.8, 4) is 11.7 Å². The Morgan fingerprint density at radius 2 is 1.83 bits per heavy atom. The van der Waals surface area contributed by atoms with Gasteiger partial charge in [0, 0.05) is 62.6 Å². The number of nitrogens with one attached hydrogen (secondary N) is 1. The minimum absolute atomic E-state index is 0.0129. The van der Waals surface area contributed by atoms with Gasteiger partial charge >= 0.3 is 0 Å². The van der Waals surface area contributed by atoms with Crippen LogP contribution in [0.4, 0.5) is 5.69 Å². The van der Waals surface area contributed by atoms with E-state index in [1.54, 1.807) is 53.5 Å². The van der Waals surface area contributed by atoms with Crippen molar-refractivity contribution < 1.29 is 14.3 Å². The summed E-state index contributed by atoms with van der Waals surface area (Å²) in [5.41, 5.74) is 1.27. The molecule has 154 valence electrons. The highest BCUT2D eigenvalue weighted by Crippen LogP contribution is 2.20. The lowest BCUT2D eigenvalue weighted by Crippen LogP contribution is -2.41. The number of hydrogen-bond donors (Lipinski definition) is 1. The van der Waals surface area contributed by atoms with Crippen LogP contribution in [0.15, 0.2) is 54.9 Å². The first kappa shape index (κ1) is 19.6. The van der Waals surface area contributed by atoms with Crippen LogP contribution in [0.1, 0.15) is 30.1 Å². The van der Waals surface area contributed by atoms with Gasteiger partial charge in [0.1, 0.15) is 6.10 Å². The molecule has 0 saturated carbocycles. The maximum atomic E-state index is 12.7. The standard InChI is InChI=1S/C21H22N6O3/c1-15(28)23-17-5-3-16(4-6-17)21(29)26-13-9-18(10-14-26)30-20-8-7-19(24-25-20)27-12-2-11-22-27/h2-8,11-12,18H,9-10,13-14H2,1H3,(H,23,28). The number of ether oxygens (including phenoxy) is 1. The zero-order valence-corrected chi connectivity index (χ0v) is 16.6. The molecular weight excluding hydrogens is 384 g/mol. The second-order valence-electron chi connectivity index (χ2n) is 7.05. The molecule has 9 heteroatoms. The summed E-state index contributed by atoms with van der Waals surface area (Å²) in [4.78, 5) is 25.6. The van der Waals surface area contributed by atoms with Crippen molar-refractivity contribution >= 4 is 17.5 Å². The lowest BCUT2D eigenvalue weighted by molar-refractivity contribution is -0.114. The number of likely N-dealkylation sites (tertiary alicyclic amines) is 1. The molecule has 0 bridgehead atoms. The fourth-order valence-electron chi connectivity index (χ4n) is 3.33. The van der Waals surface area contributed by atoms with Crippen LogP contribution in [0.25, 0.3) is 5.82 Å². The highest BCUT2D eigenvalue weighted by Gasteiger charge is 2.25. The average molecular weight is 406 g/mol. The quantitative estimate of drug-likeness (QED) is 0.698. The minimum Gasteiger partial charge on any atom is -0.473 e. The molecule has 0 aliphatic carbocycles. The molecule has 2 aromatic heterocycles. The molecule has 1 fully saturated rings. The third-order valence-electron chi connectivity index (χ3n) is 4.83. The van der Waals surface area contributed by atoms with Crippen molar-refractivity contribution in [2.75, 3.05) is 18.4 Å². The van der Waals surface area contributed by atoms with Gasteiger partial charge in [0.05, 0.1) is 0 Å². The number of hydrogen-bond acceptors (Lipinski definition) is 6. The maximum Gasteiger partial charge on any atom is 0.253 e. The minimum atomic E-state index is -0.142. The van der Waals surface area contributed by atoms with Crippen LogP contribution in [0.3, 0.4) is 0 Å². The summed E-state index contributed by atoms with van der Waals surface area (Å²) in [6.45, 7) is 2.66. The summed E-state index contributed by atoms with van der Waals surface area (Å²) in [6, 6.07) is 12.3. The SMILES string of the molecule is CC(=O)Nc1ccc(C(=O)N2CCC(Oc3ccc(-n4cccn4)nn3)CC2)cc1. The van der Waals surface area contributed by atoms with Crippen molar-refractivity contribution in [2.45, 2.75) is 25.9 Å². The number of carbonyl (C=O) groups is 2. The van der Waals surface area contributed by atoms with Gasteiger partial charge in [0.2, 0.25) is 11.8 Å². The molecule has 0 atom stereocenters. The molecular formula is C21H22N6O3. The number of aromatic nitrogens is 4. The van der Waals surface area contributed by atoms with E-state index in [0.717, 1.165) is 12.8 Å². The summed E-state index contributed by atoms with van der Waals surface area (Å²) in [7, 11) is 0. The lowest BCUT2D eigenvalue weighted by atomic mass is 10.1. The van der Waals surface area contributed by atoms with E-state index < -0.39 is 0 Å². The molecule has 4 rings (SSSR count). The molecule has 1 aromatic carbocycles. The molecule has 1 saturated heterocycles. The van der Waals surface area contributed by atoms with Crippen LogP contribution in [-0.2, 0) is 4.79 Å². The second-order valence-corrected chi connectivity index (χ2v) is 7.05. The van der Waals surface area contributed by atoms with Crippen molar-refractivity contribution in [1.29, 1.82) is 0 Å². The van der Waals surface area contributed by atoms with Crippen molar-refractivity contribution in [2.24, 2.45) is 0 Å². The summed E-state index contributed by atoms with van der Waals surface area (Å²) >= 11 is 0. The van der Waals surface area contributed by atoms with Gasteiger partial charge in [-0.15, -0.1) is 10.2 Å². The molecule has 2 amide bonds. The Balaban J connectivity index is 1.29. The van der Waals surface area contributed by atoms with E-state index in [1.165, 1.54) is 6.92 Å². The molecule has 30 heavy (non-hydrogen) atoms. The van der Waals surface area contributed by atoms with E-state index in [-0.39, 0.29) is 17.9 Å². The number of rotatable bonds is 5. The normalized spacial score (nSPS) is 14.4. The van der Waals surface area contributed by atoms with Gasteiger partial charge in [-0.1, -0.05) is 0 Å². The highest BCUT2D eigenvalue weighted by molar-refractivity contribution is 5.95. The number of nitrogens with zero attached hydrogens (tertiary/aromatic N) is 5. The van der Waals surface area contributed by atoms with Crippen LogP contribution in [-0.4, -0.2) is 55.9 Å². The summed E-state index contributed by atoms with van der Waals surface area (Å²) in [5, 5.41) is 15.1. The first-order valence-corrected chi connectivity index (χ1v) is 9.76. The van der Waals surface area contributed by atoms with Gasteiger partial charge in [0.25, 0.3) is 5.91 Å². The number of carbonyl (C=O) groups excluding carboxylic acids is 2. The predicted octanol–water partition coefficient (Wildman–Crippen LogP) is 2.30. The van der Waals surface area contributed by atoms with Crippen molar-refractivity contribution in [1.82, 2.24) is 24.9 Å². The molecule has 1 N–H and O–H groups in total. The van der Waals surface area contributed by atoms with Crippen LogP contribution in [0, 0.1) is 0 Å². The molecule has 0 radical (unpaired) electrons. The molecule has 9 nitrogen and oxygen atoms in total. The Labute approximate surface area is 173 Å². The van der Waals surface area contributed by atoms with Gasteiger partial charge in [-0.2, -0.15) is 5.10 Å². The third kappa shape index (κ3) is 4.62. The number of benzene rings is 1. The van der Waals surface area contributed by atoms with Crippen LogP contribution < -0.4 is 10.1 Å². The van der Waals surface area contributed by atoms with E-state index in [1.807, 2.05) is 11.0 Å². The van der Waals surface area contributed by atoms with E-state index in [0.29, 0.717) is 36.0 Å².